The van der Waals surface area contributed by atoms with Crippen LogP contribution in [0.4, 0.5) is 5.69 Å². The van der Waals surface area contributed by atoms with E-state index in [2.05, 4.69) is 20.1 Å². The number of carbonyl (C=O) groups is 1. The summed E-state index contributed by atoms with van der Waals surface area (Å²) in [6.07, 6.45) is 2.14. The molecular formula is C26H23ClN4O2S. The molecule has 0 bridgehead atoms. The Morgan fingerprint density at radius 2 is 1.74 bits per heavy atom. The van der Waals surface area contributed by atoms with Gasteiger partial charge in [-0.1, -0.05) is 84.0 Å². The molecule has 8 heteroatoms. The first-order valence-corrected chi connectivity index (χ1v) is 12.4. The highest BCUT2D eigenvalue weighted by Crippen LogP contribution is 2.39. The minimum absolute atomic E-state index is 0.0902. The second kappa shape index (κ2) is 10.3. The average Bonchev–Trinajstić information content (AvgIpc) is 3.63. The summed E-state index contributed by atoms with van der Waals surface area (Å²) in [5, 5.41) is 13.0. The molecule has 0 atom stereocenters. The molecule has 0 spiro atoms. The van der Waals surface area contributed by atoms with E-state index in [0.29, 0.717) is 16.8 Å². The first-order chi connectivity index (χ1) is 16.7. The number of nitrogens with zero attached hydrogens (tertiary/aromatic N) is 3. The van der Waals surface area contributed by atoms with Crippen LogP contribution in [0.5, 0.6) is 5.75 Å². The minimum atomic E-state index is -0.0902. The number of para-hydroxylation sites is 2. The van der Waals surface area contributed by atoms with Crippen LogP contribution in [-0.4, -0.2) is 26.4 Å². The zero-order valence-electron chi connectivity index (χ0n) is 18.4. The first-order valence-electron chi connectivity index (χ1n) is 11.1. The maximum Gasteiger partial charge on any atom is 0.234 e. The number of benzene rings is 3. The van der Waals surface area contributed by atoms with E-state index in [-0.39, 0.29) is 18.3 Å². The van der Waals surface area contributed by atoms with Crippen LogP contribution >= 0.6 is 23.4 Å². The molecule has 34 heavy (non-hydrogen) atoms. The molecule has 1 aromatic heterocycles. The third-order valence-electron chi connectivity index (χ3n) is 5.46. The average molecular weight is 491 g/mol. The maximum absolute atomic E-state index is 12.8. The van der Waals surface area contributed by atoms with Crippen molar-refractivity contribution in [1.82, 2.24) is 14.8 Å². The molecule has 0 saturated heterocycles. The number of amides is 1. The zero-order valence-corrected chi connectivity index (χ0v) is 19.9. The number of hydrogen-bond donors (Lipinski definition) is 1. The number of ether oxygens (including phenoxy) is 1. The van der Waals surface area contributed by atoms with E-state index in [1.165, 1.54) is 11.8 Å². The second-order valence-corrected chi connectivity index (χ2v) is 9.32. The van der Waals surface area contributed by atoms with Gasteiger partial charge < -0.3 is 10.1 Å². The molecule has 5 rings (SSSR count). The van der Waals surface area contributed by atoms with Crippen molar-refractivity contribution in [2.24, 2.45) is 0 Å². The lowest BCUT2D eigenvalue weighted by atomic mass is 10.0. The molecule has 1 aliphatic carbocycles. The van der Waals surface area contributed by atoms with Crippen LogP contribution in [0.2, 0.25) is 5.02 Å². The van der Waals surface area contributed by atoms with Gasteiger partial charge >= 0.3 is 0 Å². The van der Waals surface area contributed by atoms with Gasteiger partial charge in [0.2, 0.25) is 5.91 Å². The number of rotatable bonds is 9. The Morgan fingerprint density at radius 3 is 2.53 bits per heavy atom. The Hall–Kier alpha value is -3.29. The predicted molar refractivity (Wildman–Crippen MR) is 135 cm³/mol. The van der Waals surface area contributed by atoms with Crippen LogP contribution in [-0.2, 0) is 11.4 Å². The van der Waals surface area contributed by atoms with E-state index in [1.54, 1.807) is 6.07 Å². The summed E-state index contributed by atoms with van der Waals surface area (Å²) in [6, 6.07) is 25.5. The van der Waals surface area contributed by atoms with E-state index in [4.69, 9.17) is 16.3 Å². The Bertz CT molecular complexity index is 1290. The van der Waals surface area contributed by atoms with E-state index >= 15 is 0 Å². The second-order valence-electron chi connectivity index (χ2n) is 7.97. The summed E-state index contributed by atoms with van der Waals surface area (Å²) in [4.78, 5) is 12.8. The Labute approximate surface area is 207 Å². The maximum atomic E-state index is 12.8. The number of carbonyl (C=O) groups excluding carboxylic acids is 1. The topological polar surface area (TPSA) is 69.0 Å². The van der Waals surface area contributed by atoms with Crippen molar-refractivity contribution in [3.63, 3.8) is 0 Å². The molecule has 6 nitrogen and oxygen atoms in total. The number of halogens is 1. The van der Waals surface area contributed by atoms with E-state index in [0.717, 1.165) is 40.6 Å². The highest BCUT2D eigenvalue weighted by molar-refractivity contribution is 7.99. The van der Waals surface area contributed by atoms with Crippen molar-refractivity contribution in [3.8, 4) is 16.9 Å². The standard InChI is InChI=1S/C26H23ClN4O2S/c27-21-11-5-7-13-23(21)33-16-24-29-30-26(31(24)19-14-15-19)34-17-25(32)28-22-12-6-4-10-20(22)18-8-2-1-3-9-18/h1-13,19H,14-17H2,(H,28,32). The molecule has 1 fully saturated rings. The number of anilines is 1. The molecule has 1 amide bonds. The van der Waals surface area contributed by atoms with Crippen molar-refractivity contribution in [3.05, 3.63) is 89.7 Å². The summed E-state index contributed by atoms with van der Waals surface area (Å²) in [5.74, 6) is 1.49. The van der Waals surface area contributed by atoms with Gasteiger partial charge in [0.15, 0.2) is 11.0 Å². The minimum Gasteiger partial charge on any atom is -0.484 e. The van der Waals surface area contributed by atoms with Gasteiger partial charge in [0.1, 0.15) is 12.4 Å². The van der Waals surface area contributed by atoms with Gasteiger partial charge in [-0.05, 0) is 36.6 Å². The summed E-state index contributed by atoms with van der Waals surface area (Å²) >= 11 is 7.58. The molecular weight excluding hydrogens is 468 g/mol. The van der Waals surface area contributed by atoms with Crippen molar-refractivity contribution in [1.29, 1.82) is 0 Å². The fourth-order valence-corrected chi connectivity index (χ4v) is 4.70. The Balaban J connectivity index is 1.25. The molecule has 1 aliphatic rings. The van der Waals surface area contributed by atoms with Crippen LogP contribution in [0.25, 0.3) is 11.1 Å². The smallest absolute Gasteiger partial charge is 0.234 e. The quantitative estimate of drug-likeness (QED) is 0.281. The third kappa shape index (κ3) is 5.26. The van der Waals surface area contributed by atoms with Crippen LogP contribution in [0.15, 0.2) is 84.0 Å². The highest BCUT2D eigenvalue weighted by atomic mass is 35.5. The lowest BCUT2D eigenvalue weighted by Gasteiger charge is -2.12. The molecule has 1 heterocycles. The van der Waals surface area contributed by atoms with Crippen LogP contribution in [0, 0.1) is 0 Å². The molecule has 1 saturated carbocycles. The number of hydrogen-bond acceptors (Lipinski definition) is 5. The van der Waals surface area contributed by atoms with Gasteiger partial charge in [0.05, 0.1) is 10.8 Å². The zero-order chi connectivity index (χ0) is 23.3. The van der Waals surface area contributed by atoms with Gasteiger partial charge in [0, 0.05) is 17.3 Å². The SMILES string of the molecule is O=C(CSc1nnc(COc2ccccc2Cl)n1C1CC1)Nc1ccccc1-c1ccccc1. The van der Waals surface area contributed by atoms with Crippen molar-refractivity contribution >= 4 is 35.0 Å². The van der Waals surface area contributed by atoms with E-state index in [1.807, 2.05) is 72.8 Å². The van der Waals surface area contributed by atoms with Crippen molar-refractivity contribution in [2.75, 3.05) is 11.1 Å². The Morgan fingerprint density at radius 1 is 1.00 bits per heavy atom. The molecule has 3 aromatic carbocycles. The molecule has 0 aliphatic heterocycles. The van der Waals surface area contributed by atoms with Crippen LogP contribution < -0.4 is 10.1 Å². The van der Waals surface area contributed by atoms with Gasteiger partial charge in [-0.15, -0.1) is 10.2 Å². The summed E-state index contributed by atoms with van der Waals surface area (Å²) in [7, 11) is 0. The third-order valence-corrected chi connectivity index (χ3v) is 6.71. The Kier molecular flexibility index (Phi) is 6.83. The summed E-state index contributed by atoms with van der Waals surface area (Å²) in [6.45, 7) is 0.268. The summed E-state index contributed by atoms with van der Waals surface area (Å²) in [5.41, 5.74) is 2.83. The van der Waals surface area contributed by atoms with E-state index in [9.17, 15) is 4.79 Å². The van der Waals surface area contributed by atoms with Crippen LogP contribution in [0.3, 0.4) is 0 Å². The number of thioether (sulfide) groups is 1. The van der Waals surface area contributed by atoms with Crippen LogP contribution in [0.1, 0.15) is 24.7 Å². The van der Waals surface area contributed by atoms with Gasteiger partial charge in [-0.3, -0.25) is 9.36 Å². The number of aromatic nitrogens is 3. The molecule has 4 aromatic rings. The fraction of sp³-hybridized carbons (Fsp3) is 0.192. The van der Waals surface area contributed by atoms with Crippen molar-refractivity contribution < 1.29 is 9.53 Å². The lowest BCUT2D eigenvalue weighted by Crippen LogP contribution is -2.15. The normalized spacial score (nSPS) is 13.0. The molecule has 172 valence electrons. The molecule has 0 unspecified atom stereocenters. The van der Waals surface area contributed by atoms with Gasteiger partial charge in [0.25, 0.3) is 0 Å². The predicted octanol–water partition coefficient (Wildman–Crippen LogP) is 6.24. The monoisotopic (exact) mass is 490 g/mol. The largest absolute Gasteiger partial charge is 0.484 e. The molecule has 1 N–H and O–H groups in total. The van der Waals surface area contributed by atoms with E-state index < -0.39 is 0 Å². The number of nitrogens with one attached hydrogen (secondary N) is 1. The van der Waals surface area contributed by atoms with Gasteiger partial charge in [-0.25, -0.2) is 0 Å². The summed E-state index contributed by atoms with van der Waals surface area (Å²) < 4.78 is 7.96. The highest BCUT2D eigenvalue weighted by Gasteiger charge is 2.30. The fourth-order valence-electron chi connectivity index (χ4n) is 3.69. The van der Waals surface area contributed by atoms with Crippen molar-refractivity contribution in [2.45, 2.75) is 30.6 Å². The first kappa shape index (κ1) is 22.5. The van der Waals surface area contributed by atoms with Gasteiger partial charge in [-0.2, -0.15) is 0 Å². The lowest BCUT2D eigenvalue weighted by molar-refractivity contribution is -0.113. The molecule has 0 radical (unpaired) electrons.